The monoisotopic (exact) mass is 480 g/mol. The van der Waals surface area contributed by atoms with E-state index in [-0.39, 0.29) is 41.6 Å². The summed E-state index contributed by atoms with van der Waals surface area (Å²) < 4.78 is 38.7. The molecule has 2 aromatic rings. The van der Waals surface area contributed by atoms with Crippen LogP contribution in [-0.2, 0) is 14.8 Å². The summed E-state index contributed by atoms with van der Waals surface area (Å²) in [7, 11) is -2.19. The maximum Gasteiger partial charge on any atom is 0.246 e. The SMILES string of the molecule is CCOc1ccc(Cl)cc1S(=O)(=O)N1CCC(C(=O)NC(C)c2ccccc2OC)CC1. The summed E-state index contributed by atoms with van der Waals surface area (Å²) in [6.45, 7) is 4.55. The van der Waals surface area contributed by atoms with Gasteiger partial charge in [-0.1, -0.05) is 29.8 Å². The molecule has 174 valence electrons. The molecule has 1 N–H and O–H groups in total. The van der Waals surface area contributed by atoms with E-state index < -0.39 is 10.0 Å². The molecule has 0 aliphatic carbocycles. The van der Waals surface area contributed by atoms with E-state index in [2.05, 4.69) is 5.32 Å². The Kier molecular flexibility index (Phi) is 8.03. The Morgan fingerprint density at radius 2 is 1.88 bits per heavy atom. The molecule has 1 unspecified atom stereocenters. The van der Waals surface area contributed by atoms with Crippen molar-refractivity contribution in [3.63, 3.8) is 0 Å². The average Bonchev–Trinajstić information content (AvgIpc) is 2.80. The fourth-order valence-corrected chi connectivity index (χ4v) is 5.75. The van der Waals surface area contributed by atoms with E-state index in [0.29, 0.717) is 30.2 Å². The summed E-state index contributed by atoms with van der Waals surface area (Å²) in [6, 6.07) is 11.9. The summed E-state index contributed by atoms with van der Waals surface area (Å²) in [6.07, 6.45) is 0.877. The summed E-state index contributed by atoms with van der Waals surface area (Å²) in [4.78, 5) is 12.9. The lowest BCUT2D eigenvalue weighted by atomic mass is 9.96. The maximum atomic E-state index is 13.2. The van der Waals surface area contributed by atoms with Gasteiger partial charge in [-0.25, -0.2) is 8.42 Å². The molecule has 0 spiro atoms. The summed E-state index contributed by atoms with van der Waals surface area (Å²) >= 11 is 6.05. The van der Waals surface area contributed by atoms with E-state index >= 15 is 0 Å². The number of carbonyl (C=O) groups excluding carboxylic acids is 1. The van der Waals surface area contributed by atoms with E-state index in [1.807, 2.05) is 31.2 Å². The minimum atomic E-state index is -3.79. The third kappa shape index (κ3) is 5.36. The predicted molar refractivity (Wildman–Crippen MR) is 124 cm³/mol. The van der Waals surface area contributed by atoms with Crippen LogP contribution in [0.3, 0.4) is 0 Å². The summed E-state index contributed by atoms with van der Waals surface area (Å²) in [5, 5.41) is 3.36. The molecule has 9 heteroatoms. The van der Waals surface area contributed by atoms with Crippen LogP contribution in [0, 0.1) is 5.92 Å². The molecule has 1 atom stereocenters. The summed E-state index contributed by atoms with van der Waals surface area (Å²) in [5.74, 6) is 0.651. The third-order valence-electron chi connectivity index (χ3n) is 5.61. The van der Waals surface area contributed by atoms with Crippen LogP contribution in [0.15, 0.2) is 47.4 Å². The van der Waals surface area contributed by atoms with Crippen LogP contribution < -0.4 is 14.8 Å². The number of para-hydroxylation sites is 1. The van der Waals surface area contributed by atoms with Crippen molar-refractivity contribution in [2.45, 2.75) is 37.6 Å². The van der Waals surface area contributed by atoms with Gasteiger partial charge in [0.1, 0.15) is 16.4 Å². The largest absolute Gasteiger partial charge is 0.496 e. The number of amides is 1. The Hall–Kier alpha value is -2.29. The van der Waals surface area contributed by atoms with Gasteiger partial charge < -0.3 is 14.8 Å². The van der Waals surface area contributed by atoms with Gasteiger partial charge in [-0.05, 0) is 51.0 Å². The van der Waals surface area contributed by atoms with Gasteiger partial charge >= 0.3 is 0 Å². The molecule has 2 aromatic carbocycles. The minimum absolute atomic E-state index is 0.0551. The second kappa shape index (κ2) is 10.6. The Morgan fingerprint density at radius 3 is 2.53 bits per heavy atom. The second-order valence-electron chi connectivity index (χ2n) is 7.67. The van der Waals surface area contributed by atoms with Crippen LogP contribution in [0.1, 0.15) is 38.3 Å². The Balaban J connectivity index is 1.66. The number of benzene rings is 2. The number of sulfonamides is 1. The highest BCUT2D eigenvalue weighted by Crippen LogP contribution is 2.32. The third-order valence-corrected chi connectivity index (χ3v) is 7.77. The highest BCUT2D eigenvalue weighted by molar-refractivity contribution is 7.89. The van der Waals surface area contributed by atoms with Gasteiger partial charge in [0, 0.05) is 29.6 Å². The van der Waals surface area contributed by atoms with Crippen molar-refractivity contribution in [1.82, 2.24) is 9.62 Å². The van der Waals surface area contributed by atoms with E-state index in [4.69, 9.17) is 21.1 Å². The lowest BCUT2D eigenvalue weighted by Gasteiger charge is -2.31. The molecule has 1 fully saturated rings. The van der Waals surface area contributed by atoms with E-state index in [9.17, 15) is 13.2 Å². The van der Waals surface area contributed by atoms with E-state index in [1.54, 1.807) is 26.2 Å². The van der Waals surface area contributed by atoms with Crippen LogP contribution >= 0.6 is 11.6 Å². The zero-order chi connectivity index (χ0) is 23.3. The number of ether oxygens (including phenoxy) is 2. The van der Waals surface area contributed by atoms with Crippen LogP contribution in [0.2, 0.25) is 5.02 Å². The number of carbonyl (C=O) groups is 1. The quantitative estimate of drug-likeness (QED) is 0.616. The number of nitrogens with one attached hydrogen (secondary N) is 1. The van der Waals surface area contributed by atoms with Crippen molar-refractivity contribution < 1.29 is 22.7 Å². The smallest absolute Gasteiger partial charge is 0.246 e. The van der Waals surface area contributed by atoms with Crippen molar-refractivity contribution in [3.8, 4) is 11.5 Å². The Morgan fingerprint density at radius 1 is 1.19 bits per heavy atom. The first kappa shape index (κ1) is 24.4. The second-order valence-corrected chi connectivity index (χ2v) is 10.0. The Labute approximate surface area is 194 Å². The fourth-order valence-electron chi connectivity index (χ4n) is 3.89. The first-order valence-electron chi connectivity index (χ1n) is 10.6. The molecular weight excluding hydrogens is 452 g/mol. The highest BCUT2D eigenvalue weighted by Gasteiger charge is 2.34. The number of hydrogen-bond acceptors (Lipinski definition) is 5. The van der Waals surface area contributed by atoms with Gasteiger partial charge in [-0.3, -0.25) is 4.79 Å². The molecule has 7 nitrogen and oxygen atoms in total. The molecule has 0 saturated carbocycles. The molecule has 1 aliphatic rings. The normalized spacial score (nSPS) is 16.4. The van der Waals surface area contributed by atoms with Gasteiger partial charge in [0.25, 0.3) is 0 Å². The van der Waals surface area contributed by atoms with Crippen LogP contribution in [-0.4, -0.2) is 45.4 Å². The van der Waals surface area contributed by atoms with E-state index in [1.165, 1.54) is 10.4 Å². The van der Waals surface area contributed by atoms with Gasteiger partial charge in [0.05, 0.1) is 19.8 Å². The molecule has 3 rings (SSSR count). The van der Waals surface area contributed by atoms with Crippen LogP contribution in [0.25, 0.3) is 0 Å². The average molecular weight is 481 g/mol. The van der Waals surface area contributed by atoms with Crippen molar-refractivity contribution in [2.75, 3.05) is 26.8 Å². The standard InChI is InChI=1S/C23H29ClN2O5S/c1-4-31-21-10-9-18(24)15-22(21)32(28,29)26-13-11-17(12-14-26)23(27)25-16(2)19-7-5-6-8-20(19)30-3/h5-10,15-17H,4,11-14H2,1-3H3,(H,25,27). The van der Waals surface area contributed by atoms with Gasteiger partial charge in [0.15, 0.2) is 0 Å². The zero-order valence-corrected chi connectivity index (χ0v) is 20.1. The molecule has 1 saturated heterocycles. The first-order valence-corrected chi connectivity index (χ1v) is 12.5. The number of hydrogen-bond donors (Lipinski definition) is 1. The molecule has 1 heterocycles. The molecule has 32 heavy (non-hydrogen) atoms. The molecule has 0 bridgehead atoms. The van der Waals surface area contributed by atoms with Gasteiger partial charge in [-0.2, -0.15) is 4.31 Å². The molecule has 0 aromatic heterocycles. The maximum absolute atomic E-state index is 13.2. The van der Waals surface area contributed by atoms with Crippen LogP contribution in [0.4, 0.5) is 0 Å². The lowest BCUT2D eigenvalue weighted by Crippen LogP contribution is -2.43. The van der Waals surface area contributed by atoms with Crippen LogP contribution in [0.5, 0.6) is 11.5 Å². The predicted octanol–water partition coefficient (Wildman–Crippen LogP) is 4.03. The molecule has 1 amide bonds. The number of halogens is 1. The topological polar surface area (TPSA) is 84.9 Å². The first-order chi connectivity index (χ1) is 15.3. The molecule has 1 aliphatic heterocycles. The van der Waals surface area contributed by atoms with Gasteiger partial charge in [-0.15, -0.1) is 0 Å². The highest BCUT2D eigenvalue weighted by atomic mass is 35.5. The fraction of sp³-hybridized carbons (Fsp3) is 0.435. The summed E-state index contributed by atoms with van der Waals surface area (Å²) in [5.41, 5.74) is 0.896. The minimum Gasteiger partial charge on any atom is -0.496 e. The number of nitrogens with zero attached hydrogens (tertiary/aromatic N) is 1. The number of rotatable bonds is 8. The van der Waals surface area contributed by atoms with Crippen molar-refractivity contribution in [2.24, 2.45) is 5.92 Å². The number of methoxy groups -OCH3 is 1. The zero-order valence-electron chi connectivity index (χ0n) is 18.5. The van der Waals surface area contributed by atoms with Crippen molar-refractivity contribution in [3.05, 3.63) is 53.1 Å². The number of piperidine rings is 1. The van der Waals surface area contributed by atoms with Crippen molar-refractivity contribution in [1.29, 1.82) is 0 Å². The van der Waals surface area contributed by atoms with Gasteiger partial charge in [0.2, 0.25) is 15.9 Å². The Bertz CT molecular complexity index is 1050. The lowest BCUT2D eigenvalue weighted by molar-refractivity contribution is -0.126. The molecule has 0 radical (unpaired) electrons. The molecular formula is C23H29ClN2O5S. The van der Waals surface area contributed by atoms with Crippen molar-refractivity contribution >= 4 is 27.5 Å². The van der Waals surface area contributed by atoms with E-state index in [0.717, 1.165) is 5.56 Å².